The minimum Gasteiger partial charge on any atom is -0.460 e. The third-order valence-electron chi connectivity index (χ3n) is 4.30. The van der Waals surface area contributed by atoms with Gasteiger partial charge in [-0.1, -0.05) is 54.6 Å². The van der Waals surface area contributed by atoms with Crippen molar-refractivity contribution >= 4 is 18.0 Å². The second-order valence-corrected chi connectivity index (χ2v) is 8.36. The number of ether oxygens (including phenoxy) is 3. The van der Waals surface area contributed by atoms with Crippen LogP contribution >= 0.6 is 0 Å². The average molecular weight is 454 g/mol. The van der Waals surface area contributed by atoms with Gasteiger partial charge in [-0.05, 0) is 56.9 Å². The Balaban J connectivity index is 2.30. The summed E-state index contributed by atoms with van der Waals surface area (Å²) in [5, 5.41) is 2.73. The lowest BCUT2D eigenvalue weighted by atomic mass is 10.0. The minimum atomic E-state index is -0.789. The molecule has 33 heavy (non-hydrogen) atoms. The summed E-state index contributed by atoms with van der Waals surface area (Å²) in [6.45, 7) is 8.20. The Labute approximate surface area is 194 Å². The van der Waals surface area contributed by atoms with E-state index in [1.165, 1.54) is 13.0 Å². The second-order valence-electron chi connectivity index (χ2n) is 8.36. The molecule has 0 aliphatic rings. The lowest BCUT2D eigenvalue weighted by Crippen LogP contribution is -2.39. The van der Waals surface area contributed by atoms with Crippen LogP contribution in [0, 0.1) is 0 Å². The highest BCUT2D eigenvalue weighted by Crippen LogP contribution is 2.20. The molecule has 0 heterocycles. The summed E-state index contributed by atoms with van der Waals surface area (Å²) in [5.74, 6) is -1.74. The van der Waals surface area contributed by atoms with Crippen LogP contribution < -0.4 is 5.32 Å². The van der Waals surface area contributed by atoms with Gasteiger partial charge in [0.1, 0.15) is 5.60 Å². The molecule has 7 heteroatoms. The molecule has 176 valence electrons. The van der Waals surface area contributed by atoms with Gasteiger partial charge in [-0.25, -0.2) is 9.59 Å². The number of hydrogen-bond donors (Lipinski definition) is 1. The molecule has 0 radical (unpaired) electrons. The van der Waals surface area contributed by atoms with Gasteiger partial charge in [0, 0.05) is 6.92 Å². The Kier molecular flexibility index (Phi) is 9.21. The van der Waals surface area contributed by atoms with Gasteiger partial charge in [-0.2, -0.15) is 0 Å². The number of nitrogens with one attached hydrogen (secondary N) is 1. The van der Waals surface area contributed by atoms with Crippen LogP contribution in [0.5, 0.6) is 0 Å². The fourth-order valence-electron chi connectivity index (χ4n) is 3.01. The van der Waals surface area contributed by atoms with Crippen molar-refractivity contribution in [2.75, 3.05) is 6.61 Å². The quantitative estimate of drug-likeness (QED) is 0.267. The molecular weight excluding hydrogens is 422 g/mol. The van der Waals surface area contributed by atoms with Crippen molar-refractivity contribution in [1.82, 2.24) is 5.32 Å². The molecule has 2 aromatic carbocycles. The van der Waals surface area contributed by atoms with Crippen LogP contribution in [0.2, 0.25) is 0 Å². The highest BCUT2D eigenvalue weighted by molar-refractivity contribution is 5.89. The van der Waals surface area contributed by atoms with Crippen LogP contribution in [0.15, 0.2) is 66.4 Å². The van der Waals surface area contributed by atoms with Crippen molar-refractivity contribution in [1.29, 1.82) is 0 Å². The third kappa shape index (κ3) is 9.19. The Morgan fingerprint density at radius 3 is 2.12 bits per heavy atom. The molecule has 0 saturated heterocycles. The summed E-state index contributed by atoms with van der Waals surface area (Å²) in [4.78, 5) is 36.2. The highest BCUT2D eigenvalue weighted by Gasteiger charge is 2.22. The number of esters is 2. The SMILES string of the molecule is CCOC(=O)C(=C[C@@H](Cc1ccc(-c2ccccc2)cc1)NC(=O)OC(C)(C)C)OC(C)=O. The van der Waals surface area contributed by atoms with Gasteiger partial charge >= 0.3 is 18.0 Å². The monoisotopic (exact) mass is 453 g/mol. The maximum Gasteiger partial charge on any atom is 0.408 e. The summed E-state index contributed by atoms with van der Waals surface area (Å²) >= 11 is 0. The van der Waals surface area contributed by atoms with Gasteiger partial charge in [0.2, 0.25) is 5.76 Å². The number of hydrogen-bond acceptors (Lipinski definition) is 6. The molecule has 0 aliphatic heterocycles. The smallest absolute Gasteiger partial charge is 0.408 e. The summed E-state index contributed by atoms with van der Waals surface area (Å²) in [5.41, 5.74) is 2.35. The van der Waals surface area contributed by atoms with E-state index in [1.54, 1.807) is 27.7 Å². The molecule has 1 atom stereocenters. The first-order chi connectivity index (χ1) is 15.6. The summed E-state index contributed by atoms with van der Waals surface area (Å²) in [6.07, 6.45) is 1.04. The maximum atomic E-state index is 12.4. The molecule has 1 amide bonds. The summed E-state index contributed by atoms with van der Waals surface area (Å²) in [7, 11) is 0. The number of alkyl carbamates (subject to hydrolysis) is 1. The lowest BCUT2D eigenvalue weighted by Gasteiger charge is -2.23. The first-order valence-corrected chi connectivity index (χ1v) is 10.8. The van der Waals surface area contributed by atoms with Crippen LogP contribution in [-0.2, 0) is 30.2 Å². The van der Waals surface area contributed by atoms with Crippen molar-refractivity contribution < 1.29 is 28.6 Å². The predicted octanol–water partition coefficient (Wildman–Crippen LogP) is 4.80. The fraction of sp³-hybridized carbons (Fsp3) is 0.346. The Morgan fingerprint density at radius 1 is 0.970 bits per heavy atom. The Morgan fingerprint density at radius 2 is 1.58 bits per heavy atom. The summed E-state index contributed by atoms with van der Waals surface area (Å²) in [6, 6.07) is 17.1. The Hall–Kier alpha value is -3.61. The van der Waals surface area contributed by atoms with Gasteiger partial charge in [0.25, 0.3) is 0 Å². The van der Waals surface area contributed by atoms with Crippen molar-refractivity contribution in [2.24, 2.45) is 0 Å². The van der Waals surface area contributed by atoms with Crippen LogP contribution in [0.4, 0.5) is 4.79 Å². The largest absolute Gasteiger partial charge is 0.460 e. The molecule has 2 rings (SSSR count). The topological polar surface area (TPSA) is 90.9 Å². The van der Waals surface area contributed by atoms with E-state index < -0.39 is 29.7 Å². The van der Waals surface area contributed by atoms with E-state index in [9.17, 15) is 14.4 Å². The number of benzene rings is 2. The van der Waals surface area contributed by atoms with Gasteiger partial charge < -0.3 is 19.5 Å². The van der Waals surface area contributed by atoms with Crippen molar-refractivity contribution in [3.05, 3.63) is 72.0 Å². The normalized spacial score (nSPS) is 12.5. The zero-order chi connectivity index (χ0) is 24.4. The molecule has 1 N–H and O–H groups in total. The molecule has 0 aliphatic carbocycles. The standard InChI is InChI=1S/C26H31NO6/c1-6-31-24(29)23(32-18(2)28)17-22(27-25(30)33-26(3,4)5)16-19-12-14-21(15-13-19)20-10-8-7-9-11-20/h7-15,17,22H,6,16H2,1-5H3,(H,27,30)/t22-/m1/s1. The Bertz CT molecular complexity index is 974. The number of amides is 1. The van der Waals surface area contributed by atoms with Gasteiger partial charge in [0.15, 0.2) is 0 Å². The second kappa shape index (κ2) is 11.9. The van der Waals surface area contributed by atoms with Gasteiger partial charge in [-0.3, -0.25) is 4.79 Å². The first kappa shape index (κ1) is 25.6. The zero-order valence-corrected chi connectivity index (χ0v) is 19.7. The molecule has 0 spiro atoms. The molecule has 0 aromatic heterocycles. The van der Waals surface area contributed by atoms with E-state index >= 15 is 0 Å². The predicted molar refractivity (Wildman–Crippen MR) is 125 cm³/mol. The fourth-order valence-corrected chi connectivity index (χ4v) is 3.01. The van der Waals surface area contributed by atoms with Crippen molar-refractivity contribution in [2.45, 2.75) is 52.7 Å². The van der Waals surface area contributed by atoms with Crippen molar-refractivity contribution in [3.63, 3.8) is 0 Å². The van der Waals surface area contributed by atoms with Gasteiger partial charge in [-0.15, -0.1) is 0 Å². The molecule has 0 unspecified atom stereocenters. The molecule has 0 fully saturated rings. The van der Waals surface area contributed by atoms with Gasteiger partial charge in [0.05, 0.1) is 12.6 Å². The molecule has 2 aromatic rings. The molecular formula is C26H31NO6. The van der Waals surface area contributed by atoms with Crippen molar-refractivity contribution in [3.8, 4) is 11.1 Å². The number of carbonyl (C=O) groups is 3. The van der Waals surface area contributed by atoms with Crippen LogP contribution in [0.3, 0.4) is 0 Å². The van der Waals surface area contributed by atoms with Crippen LogP contribution in [-0.4, -0.2) is 36.3 Å². The third-order valence-corrected chi connectivity index (χ3v) is 4.30. The number of rotatable bonds is 8. The lowest BCUT2D eigenvalue weighted by molar-refractivity contribution is -0.150. The van der Waals surface area contributed by atoms with Crippen LogP contribution in [0.1, 0.15) is 40.2 Å². The average Bonchev–Trinajstić information content (AvgIpc) is 2.73. The van der Waals surface area contributed by atoms with E-state index in [0.29, 0.717) is 6.42 Å². The van der Waals surface area contributed by atoms with E-state index in [-0.39, 0.29) is 12.4 Å². The van der Waals surface area contributed by atoms with E-state index in [4.69, 9.17) is 14.2 Å². The molecule has 7 nitrogen and oxygen atoms in total. The van der Waals surface area contributed by atoms with Crippen LogP contribution in [0.25, 0.3) is 11.1 Å². The molecule has 0 saturated carbocycles. The summed E-state index contributed by atoms with van der Waals surface area (Å²) < 4.78 is 15.4. The maximum absolute atomic E-state index is 12.4. The van der Waals surface area contributed by atoms with E-state index in [0.717, 1.165) is 16.7 Å². The van der Waals surface area contributed by atoms with E-state index in [1.807, 2.05) is 54.6 Å². The van der Waals surface area contributed by atoms with E-state index in [2.05, 4.69) is 5.32 Å². The first-order valence-electron chi connectivity index (χ1n) is 10.8. The minimum absolute atomic E-state index is 0.114. The molecule has 0 bridgehead atoms. The zero-order valence-electron chi connectivity index (χ0n) is 19.7. The highest BCUT2D eigenvalue weighted by atomic mass is 16.6. The number of carbonyl (C=O) groups excluding carboxylic acids is 3.